The predicted molar refractivity (Wildman–Crippen MR) is 127 cm³/mol. The normalized spacial score (nSPS) is 30.5. The molecule has 0 spiro atoms. The summed E-state index contributed by atoms with van der Waals surface area (Å²) >= 11 is 0. The second-order valence-corrected chi connectivity index (χ2v) is 10.4. The van der Waals surface area contributed by atoms with Crippen LogP contribution in [-0.4, -0.2) is 32.7 Å². The maximum atomic E-state index is 13.3. The smallest absolute Gasteiger partial charge is 0.240 e. The van der Waals surface area contributed by atoms with Gasteiger partial charge in [0.1, 0.15) is 5.75 Å². The van der Waals surface area contributed by atoms with Crippen molar-refractivity contribution < 1.29 is 9.53 Å². The first-order valence-electron chi connectivity index (χ1n) is 11.9. The summed E-state index contributed by atoms with van der Waals surface area (Å²) in [6.07, 6.45) is 12.2. The van der Waals surface area contributed by atoms with E-state index in [1.165, 1.54) is 12.8 Å². The topological polar surface area (TPSA) is 41.6 Å². The Morgan fingerprint density at radius 2 is 1.97 bits per heavy atom. The minimum atomic E-state index is 0.141. The molecule has 4 aliphatic carbocycles. The molecule has 31 heavy (non-hydrogen) atoms. The Morgan fingerprint density at radius 1 is 1.19 bits per heavy atom. The molecule has 0 saturated heterocycles. The van der Waals surface area contributed by atoms with E-state index in [9.17, 15) is 4.79 Å². The third kappa shape index (κ3) is 4.59. The number of methoxy groups -OCH3 is 1. The molecular weight excluding hydrogens is 384 g/mol. The highest BCUT2D eigenvalue weighted by Crippen LogP contribution is 2.62. The number of hydrogen-bond donors (Lipinski definition) is 1. The molecule has 1 aromatic rings. The van der Waals surface area contributed by atoms with Gasteiger partial charge >= 0.3 is 0 Å². The van der Waals surface area contributed by atoms with Crippen molar-refractivity contribution in [3.05, 3.63) is 48.6 Å². The SMILES string of the molecule is COc1ccc(N(CC2C=CC=CC2)C(=O)CNCC2CC3CC(C2C)C3(C)C)cc1. The van der Waals surface area contributed by atoms with E-state index >= 15 is 0 Å². The molecule has 5 rings (SSSR count). The molecule has 5 atom stereocenters. The van der Waals surface area contributed by atoms with Crippen molar-refractivity contribution in [2.45, 2.75) is 40.0 Å². The van der Waals surface area contributed by atoms with Gasteiger partial charge in [-0.3, -0.25) is 4.79 Å². The van der Waals surface area contributed by atoms with Gasteiger partial charge in [0.2, 0.25) is 5.91 Å². The molecule has 1 amide bonds. The van der Waals surface area contributed by atoms with Gasteiger partial charge in [-0.1, -0.05) is 45.1 Å². The summed E-state index contributed by atoms with van der Waals surface area (Å²) in [5.74, 6) is 4.42. The molecule has 1 aromatic carbocycles. The number of nitrogens with zero attached hydrogens (tertiary/aromatic N) is 1. The van der Waals surface area contributed by atoms with E-state index in [0.29, 0.717) is 30.3 Å². The highest BCUT2D eigenvalue weighted by Gasteiger charge is 2.55. The fourth-order valence-electron chi connectivity index (χ4n) is 6.10. The fourth-order valence-corrected chi connectivity index (χ4v) is 6.10. The Bertz CT molecular complexity index is 826. The third-order valence-corrected chi connectivity index (χ3v) is 8.37. The second-order valence-electron chi connectivity index (χ2n) is 10.4. The van der Waals surface area contributed by atoms with Crippen molar-refractivity contribution in [2.24, 2.45) is 35.0 Å². The van der Waals surface area contributed by atoms with Crippen molar-refractivity contribution in [3.8, 4) is 5.75 Å². The number of rotatable bonds is 8. The molecule has 3 saturated carbocycles. The van der Waals surface area contributed by atoms with Gasteiger partial charge in [-0.2, -0.15) is 0 Å². The lowest BCUT2D eigenvalue weighted by Crippen LogP contribution is -2.56. The summed E-state index contributed by atoms with van der Waals surface area (Å²) < 4.78 is 5.29. The number of amides is 1. The predicted octanol–water partition coefficient (Wildman–Crippen LogP) is 5.07. The van der Waals surface area contributed by atoms with Crippen molar-refractivity contribution >= 4 is 11.6 Å². The van der Waals surface area contributed by atoms with Gasteiger partial charge in [-0.25, -0.2) is 0 Å². The van der Waals surface area contributed by atoms with Gasteiger partial charge < -0.3 is 15.0 Å². The number of carbonyl (C=O) groups excluding carboxylic acids is 1. The number of nitrogens with one attached hydrogen (secondary N) is 1. The molecule has 3 fully saturated rings. The number of ether oxygens (including phenoxy) is 1. The Kier molecular flexibility index (Phi) is 6.57. The van der Waals surface area contributed by atoms with Crippen LogP contribution in [0.1, 0.15) is 40.0 Å². The fraction of sp³-hybridized carbons (Fsp3) is 0.593. The van der Waals surface area contributed by atoms with Crippen LogP contribution in [-0.2, 0) is 4.79 Å². The van der Waals surface area contributed by atoms with Crippen molar-refractivity contribution in [1.82, 2.24) is 5.32 Å². The first-order chi connectivity index (χ1) is 14.9. The van der Waals surface area contributed by atoms with E-state index < -0.39 is 0 Å². The van der Waals surface area contributed by atoms with E-state index in [1.807, 2.05) is 29.2 Å². The van der Waals surface area contributed by atoms with Crippen LogP contribution in [0.25, 0.3) is 0 Å². The number of benzene rings is 1. The number of carbonyl (C=O) groups is 1. The molecule has 2 bridgehead atoms. The largest absolute Gasteiger partial charge is 0.497 e. The number of allylic oxidation sites excluding steroid dienone is 3. The third-order valence-electron chi connectivity index (χ3n) is 8.37. The van der Waals surface area contributed by atoms with Gasteiger partial charge in [0, 0.05) is 12.2 Å². The van der Waals surface area contributed by atoms with Crippen LogP contribution in [0.2, 0.25) is 0 Å². The van der Waals surface area contributed by atoms with Crippen LogP contribution in [0.5, 0.6) is 5.75 Å². The Balaban J connectivity index is 1.36. The molecule has 0 radical (unpaired) electrons. The first-order valence-corrected chi connectivity index (χ1v) is 11.9. The van der Waals surface area contributed by atoms with Crippen molar-refractivity contribution in [1.29, 1.82) is 0 Å². The van der Waals surface area contributed by atoms with Crippen LogP contribution >= 0.6 is 0 Å². The summed E-state index contributed by atoms with van der Waals surface area (Å²) in [6.45, 7) is 9.33. The molecule has 0 aromatic heterocycles. The molecule has 4 aliphatic rings. The van der Waals surface area contributed by atoms with Crippen molar-refractivity contribution in [3.63, 3.8) is 0 Å². The molecule has 0 heterocycles. The molecular formula is C27H38N2O2. The summed E-state index contributed by atoms with van der Waals surface area (Å²) in [6, 6.07) is 7.82. The van der Waals surface area contributed by atoms with E-state index in [4.69, 9.17) is 4.74 Å². The van der Waals surface area contributed by atoms with Gasteiger partial charge in [0.25, 0.3) is 0 Å². The van der Waals surface area contributed by atoms with Gasteiger partial charge in [0.15, 0.2) is 0 Å². The second kappa shape index (κ2) is 9.20. The van der Waals surface area contributed by atoms with Gasteiger partial charge in [0.05, 0.1) is 13.7 Å². The van der Waals surface area contributed by atoms with Crippen LogP contribution in [0.3, 0.4) is 0 Å². The monoisotopic (exact) mass is 422 g/mol. The lowest BCUT2D eigenvalue weighted by atomic mass is 9.43. The summed E-state index contributed by atoms with van der Waals surface area (Å²) in [4.78, 5) is 15.2. The minimum absolute atomic E-state index is 0.141. The molecule has 0 aliphatic heterocycles. The Hall–Kier alpha value is -2.07. The quantitative estimate of drug-likeness (QED) is 0.636. The number of fused-ring (bicyclic) bond motifs is 2. The number of anilines is 1. The van der Waals surface area contributed by atoms with Crippen molar-refractivity contribution in [2.75, 3.05) is 31.6 Å². The lowest BCUT2D eigenvalue weighted by molar-refractivity contribution is -0.128. The standard InChI is InChI=1S/C27H38N2O2/c1-19-21(14-22-15-25(19)27(22,2)3)16-28-17-26(30)29(18-20-8-6-5-7-9-20)23-10-12-24(31-4)13-11-23/h5-8,10-13,19-22,25,28H,9,14-18H2,1-4H3. The zero-order chi connectivity index (χ0) is 22.0. The zero-order valence-electron chi connectivity index (χ0n) is 19.5. The zero-order valence-corrected chi connectivity index (χ0v) is 19.5. The van der Waals surface area contributed by atoms with E-state index in [-0.39, 0.29) is 5.91 Å². The minimum Gasteiger partial charge on any atom is -0.497 e. The van der Waals surface area contributed by atoms with Crippen LogP contribution in [0.4, 0.5) is 5.69 Å². The van der Waals surface area contributed by atoms with Gasteiger partial charge in [-0.15, -0.1) is 0 Å². The van der Waals surface area contributed by atoms with E-state index in [2.05, 4.69) is 50.4 Å². The maximum absolute atomic E-state index is 13.3. The molecule has 4 heteroatoms. The van der Waals surface area contributed by atoms with Crippen LogP contribution in [0.15, 0.2) is 48.6 Å². The summed E-state index contributed by atoms with van der Waals surface area (Å²) in [5.41, 5.74) is 1.45. The molecule has 5 unspecified atom stereocenters. The Morgan fingerprint density at radius 3 is 2.58 bits per heavy atom. The summed E-state index contributed by atoms with van der Waals surface area (Å²) in [5, 5.41) is 3.52. The maximum Gasteiger partial charge on any atom is 0.240 e. The number of hydrogen-bond acceptors (Lipinski definition) is 3. The highest BCUT2D eigenvalue weighted by atomic mass is 16.5. The molecule has 4 nitrogen and oxygen atoms in total. The first kappa shape index (κ1) is 22.1. The van der Waals surface area contributed by atoms with E-state index in [1.54, 1.807) is 7.11 Å². The van der Waals surface area contributed by atoms with Crippen LogP contribution < -0.4 is 15.0 Å². The van der Waals surface area contributed by atoms with Gasteiger partial charge in [-0.05, 0) is 85.1 Å². The molecule has 168 valence electrons. The Labute approximate surface area is 187 Å². The summed E-state index contributed by atoms with van der Waals surface area (Å²) in [7, 11) is 1.67. The molecule has 1 N–H and O–H groups in total. The van der Waals surface area contributed by atoms with E-state index in [0.717, 1.165) is 42.2 Å². The van der Waals surface area contributed by atoms with Crippen LogP contribution in [0, 0.1) is 35.0 Å². The average Bonchev–Trinajstić information content (AvgIpc) is 2.78. The lowest BCUT2D eigenvalue weighted by Gasteiger charge is -2.62. The highest BCUT2D eigenvalue weighted by molar-refractivity contribution is 5.94. The average molecular weight is 423 g/mol.